The van der Waals surface area contributed by atoms with Crippen molar-refractivity contribution in [1.82, 2.24) is 0 Å². The van der Waals surface area contributed by atoms with E-state index in [-0.39, 0.29) is 0 Å². The molecule has 3 saturated carbocycles. The second-order valence-corrected chi connectivity index (χ2v) is 10.0. The second-order valence-electron chi connectivity index (χ2n) is 10.0. The number of fused-ring (bicyclic) bond motifs is 3. The van der Waals surface area contributed by atoms with Crippen LogP contribution in [0.2, 0.25) is 0 Å². The highest BCUT2D eigenvalue weighted by atomic mass is 14.6. The molecular weight excluding hydrogens is 288 g/mol. The SMILES string of the molecule is C=CCC1CCC2C(CCC3(C)C(CCC)CCC23)C1(C)CCC. The average molecular weight is 331 g/mol. The predicted octanol–water partition coefficient (Wildman–Crippen LogP) is 7.64. The lowest BCUT2D eigenvalue weighted by Crippen LogP contribution is -2.51. The van der Waals surface area contributed by atoms with Crippen LogP contribution < -0.4 is 0 Å². The van der Waals surface area contributed by atoms with E-state index in [9.17, 15) is 0 Å². The van der Waals surface area contributed by atoms with Gasteiger partial charge in [0.1, 0.15) is 0 Å². The summed E-state index contributed by atoms with van der Waals surface area (Å²) in [4.78, 5) is 0. The smallest absolute Gasteiger partial charge is 0.0264 e. The summed E-state index contributed by atoms with van der Waals surface area (Å²) >= 11 is 0. The van der Waals surface area contributed by atoms with Crippen LogP contribution in [0.4, 0.5) is 0 Å². The van der Waals surface area contributed by atoms with Gasteiger partial charge in [0.25, 0.3) is 0 Å². The van der Waals surface area contributed by atoms with Crippen molar-refractivity contribution in [2.24, 2.45) is 40.4 Å². The second kappa shape index (κ2) is 7.16. The summed E-state index contributed by atoms with van der Waals surface area (Å²) in [6.45, 7) is 14.2. The molecule has 0 aromatic heterocycles. The van der Waals surface area contributed by atoms with Crippen LogP contribution in [0.3, 0.4) is 0 Å². The molecule has 3 aliphatic carbocycles. The van der Waals surface area contributed by atoms with E-state index >= 15 is 0 Å². The molecule has 0 amide bonds. The molecule has 0 spiro atoms. The zero-order valence-electron chi connectivity index (χ0n) is 16.9. The van der Waals surface area contributed by atoms with Crippen molar-refractivity contribution in [3.05, 3.63) is 12.7 Å². The van der Waals surface area contributed by atoms with E-state index < -0.39 is 0 Å². The van der Waals surface area contributed by atoms with E-state index in [1.165, 1.54) is 70.6 Å². The highest BCUT2D eigenvalue weighted by Crippen LogP contribution is 2.67. The number of hydrogen-bond donors (Lipinski definition) is 0. The first-order valence-corrected chi connectivity index (χ1v) is 11.1. The van der Waals surface area contributed by atoms with Crippen molar-refractivity contribution in [2.45, 2.75) is 98.3 Å². The van der Waals surface area contributed by atoms with Gasteiger partial charge in [-0.05, 0) is 91.8 Å². The standard InChI is InChI=1S/C24H42/c1-6-9-18-11-13-20-21-14-12-19(10-7-2)24(21,5)17-15-22(20)23(18,4)16-8-3/h6,18-22H,1,7-17H2,2-5H3. The molecular formula is C24H42. The molecule has 7 atom stereocenters. The lowest BCUT2D eigenvalue weighted by Gasteiger charge is -2.59. The molecule has 7 unspecified atom stereocenters. The highest BCUT2D eigenvalue weighted by molar-refractivity contribution is 5.08. The maximum atomic E-state index is 4.08. The van der Waals surface area contributed by atoms with Crippen molar-refractivity contribution in [1.29, 1.82) is 0 Å². The molecule has 3 aliphatic rings. The van der Waals surface area contributed by atoms with Crippen molar-refractivity contribution in [2.75, 3.05) is 0 Å². The maximum Gasteiger partial charge on any atom is -0.0264 e. The van der Waals surface area contributed by atoms with Crippen LogP contribution in [0.25, 0.3) is 0 Å². The van der Waals surface area contributed by atoms with Gasteiger partial charge in [0.15, 0.2) is 0 Å². The molecule has 0 heteroatoms. The quantitative estimate of drug-likeness (QED) is 0.439. The van der Waals surface area contributed by atoms with Crippen LogP contribution >= 0.6 is 0 Å². The van der Waals surface area contributed by atoms with E-state index in [0.29, 0.717) is 10.8 Å². The average Bonchev–Trinajstić information content (AvgIpc) is 2.88. The molecule has 3 fully saturated rings. The van der Waals surface area contributed by atoms with Crippen LogP contribution in [0, 0.1) is 40.4 Å². The Labute approximate surface area is 151 Å². The van der Waals surface area contributed by atoms with Gasteiger partial charge in [-0.15, -0.1) is 6.58 Å². The van der Waals surface area contributed by atoms with Gasteiger partial charge < -0.3 is 0 Å². The van der Waals surface area contributed by atoms with Crippen molar-refractivity contribution < 1.29 is 0 Å². The third kappa shape index (κ3) is 2.80. The largest absolute Gasteiger partial charge is 0.103 e. The van der Waals surface area contributed by atoms with E-state index in [0.717, 1.165) is 29.6 Å². The summed E-state index contributed by atoms with van der Waals surface area (Å²) in [7, 11) is 0. The molecule has 0 heterocycles. The minimum Gasteiger partial charge on any atom is -0.103 e. The van der Waals surface area contributed by atoms with Gasteiger partial charge in [-0.1, -0.05) is 53.0 Å². The Morgan fingerprint density at radius 2 is 1.67 bits per heavy atom. The van der Waals surface area contributed by atoms with E-state index in [1.54, 1.807) is 0 Å². The summed E-state index contributed by atoms with van der Waals surface area (Å²) < 4.78 is 0. The molecule has 0 aromatic carbocycles. The minimum atomic E-state index is 0.579. The van der Waals surface area contributed by atoms with E-state index in [1.807, 2.05) is 0 Å². The minimum absolute atomic E-state index is 0.579. The maximum absolute atomic E-state index is 4.08. The van der Waals surface area contributed by atoms with Crippen molar-refractivity contribution in [3.63, 3.8) is 0 Å². The van der Waals surface area contributed by atoms with Gasteiger partial charge in [0.05, 0.1) is 0 Å². The summed E-state index contributed by atoms with van der Waals surface area (Å²) in [6.07, 6.45) is 18.2. The molecule has 0 nitrogen and oxygen atoms in total. The molecule has 3 rings (SSSR count). The van der Waals surface area contributed by atoms with Gasteiger partial charge in [-0.25, -0.2) is 0 Å². The van der Waals surface area contributed by atoms with Gasteiger partial charge in [0.2, 0.25) is 0 Å². The Bertz CT molecular complexity index is 437. The van der Waals surface area contributed by atoms with Crippen LogP contribution in [0.1, 0.15) is 98.3 Å². The fraction of sp³-hybridized carbons (Fsp3) is 0.917. The molecule has 0 saturated heterocycles. The Morgan fingerprint density at radius 3 is 2.33 bits per heavy atom. The van der Waals surface area contributed by atoms with Gasteiger partial charge >= 0.3 is 0 Å². The number of hydrogen-bond acceptors (Lipinski definition) is 0. The lowest BCUT2D eigenvalue weighted by atomic mass is 9.46. The topological polar surface area (TPSA) is 0 Å². The molecule has 24 heavy (non-hydrogen) atoms. The third-order valence-electron chi connectivity index (χ3n) is 9.14. The first-order chi connectivity index (χ1) is 11.5. The monoisotopic (exact) mass is 330 g/mol. The summed E-state index contributed by atoms with van der Waals surface area (Å²) in [6, 6.07) is 0. The first kappa shape index (κ1) is 18.5. The number of allylic oxidation sites excluding steroid dienone is 1. The fourth-order valence-electron chi connectivity index (χ4n) is 7.98. The third-order valence-corrected chi connectivity index (χ3v) is 9.14. The van der Waals surface area contributed by atoms with Crippen LogP contribution in [-0.4, -0.2) is 0 Å². The normalized spacial score (nSPS) is 47.9. The van der Waals surface area contributed by atoms with Crippen molar-refractivity contribution in [3.8, 4) is 0 Å². The summed E-state index contributed by atoms with van der Waals surface area (Å²) in [5.41, 5.74) is 1.26. The molecule has 138 valence electrons. The highest BCUT2D eigenvalue weighted by Gasteiger charge is 2.58. The van der Waals surface area contributed by atoms with Crippen molar-refractivity contribution >= 4 is 0 Å². The van der Waals surface area contributed by atoms with Gasteiger partial charge in [-0.2, -0.15) is 0 Å². The Kier molecular flexibility index (Phi) is 5.53. The summed E-state index contributed by atoms with van der Waals surface area (Å²) in [5, 5.41) is 0. The van der Waals surface area contributed by atoms with Gasteiger partial charge in [-0.3, -0.25) is 0 Å². The van der Waals surface area contributed by atoms with Crippen LogP contribution in [0.5, 0.6) is 0 Å². The number of rotatable bonds is 6. The molecule has 0 radical (unpaired) electrons. The van der Waals surface area contributed by atoms with Crippen LogP contribution in [-0.2, 0) is 0 Å². The first-order valence-electron chi connectivity index (χ1n) is 11.1. The van der Waals surface area contributed by atoms with Crippen LogP contribution in [0.15, 0.2) is 12.7 Å². The molecule has 0 N–H and O–H groups in total. The zero-order valence-corrected chi connectivity index (χ0v) is 16.9. The molecule has 0 aliphatic heterocycles. The van der Waals surface area contributed by atoms with Gasteiger partial charge in [0, 0.05) is 0 Å². The zero-order chi connectivity index (χ0) is 17.4. The molecule has 0 bridgehead atoms. The Balaban J connectivity index is 1.85. The van der Waals surface area contributed by atoms with E-state index in [4.69, 9.17) is 0 Å². The Morgan fingerprint density at radius 1 is 0.917 bits per heavy atom. The fourth-order valence-corrected chi connectivity index (χ4v) is 7.98. The lowest BCUT2D eigenvalue weighted by molar-refractivity contribution is -0.0993. The molecule has 0 aromatic rings. The Hall–Kier alpha value is -0.260. The predicted molar refractivity (Wildman–Crippen MR) is 106 cm³/mol. The van der Waals surface area contributed by atoms with E-state index in [2.05, 4.69) is 40.3 Å². The summed E-state index contributed by atoms with van der Waals surface area (Å²) in [5.74, 6) is 4.98.